The van der Waals surface area contributed by atoms with Crippen molar-refractivity contribution in [2.24, 2.45) is 5.92 Å². The number of hydrogen-bond acceptors (Lipinski definition) is 9. The number of ether oxygens (including phenoxy) is 1. The first-order valence-corrected chi connectivity index (χ1v) is 11.2. The van der Waals surface area contributed by atoms with E-state index in [0.29, 0.717) is 34.4 Å². The molecule has 2 aliphatic heterocycles. The van der Waals surface area contributed by atoms with Crippen molar-refractivity contribution < 1.29 is 29.2 Å². The second-order valence-electron chi connectivity index (χ2n) is 8.12. The SMILES string of the molecule is C[C@@H](O)[C@H]1C(=O)N2C(C(=O)OCc3ccc([N+](=O)[O-])cc3)=C(c3csc4c(C=O)ncn34)C[C@H]12. The second-order valence-corrected chi connectivity index (χ2v) is 8.97. The second kappa shape index (κ2) is 8.15. The molecule has 1 aromatic carbocycles. The van der Waals surface area contributed by atoms with Gasteiger partial charge in [0.05, 0.1) is 28.7 Å². The molecule has 0 aliphatic carbocycles. The number of thiazole rings is 1. The Morgan fingerprint density at radius 3 is 2.79 bits per heavy atom. The van der Waals surface area contributed by atoms with Crippen LogP contribution in [0.25, 0.3) is 10.4 Å². The zero-order chi connectivity index (χ0) is 24.1. The van der Waals surface area contributed by atoms with Crippen LogP contribution in [0.5, 0.6) is 0 Å². The number of aliphatic hydroxyl groups excluding tert-OH is 1. The molecule has 12 heteroatoms. The number of nitrogens with zero attached hydrogens (tertiary/aromatic N) is 4. The molecule has 0 radical (unpaired) electrons. The largest absolute Gasteiger partial charge is 0.456 e. The summed E-state index contributed by atoms with van der Waals surface area (Å²) in [6, 6.07) is 5.24. The Morgan fingerprint density at radius 2 is 2.15 bits per heavy atom. The van der Waals surface area contributed by atoms with E-state index in [4.69, 9.17) is 4.74 Å². The van der Waals surface area contributed by atoms with Gasteiger partial charge in [-0.25, -0.2) is 9.78 Å². The van der Waals surface area contributed by atoms with Gasteiger partial charge in [-0.15, -0.1) is 11.3 Å². The number of nitro benzene ring substituents is 1. The van der Waals surface area contributed by atoms with Crippen LogP contribution < -0.4 is 0 Å². The number of aromatic nitrogens is 2. The van der Waals surface area contributed by atoms with Gasteiger partial charge in [0.15, 0.2) is 6.29 Å². The number of β-lactam (4-membered cyclic amide) rings is 1. The van der Waals surface area contributed by atoms with E-state index in [1.807, 2.05) is 0 Å². The van der Waals surface area contributed by atoms with Crippen LogP contribution in [-0.4, -0.2) is 54.6 Å². The maximum atomic E-state index is 13.2. The number of aldehydes is 1. The molecule has 4 heterocycles. The standard InChI is InChI=1S/C22H18N4O7S/c1-11(28)18-16-6-14(17-9-34-21-15(7-27)23-10-24(17)21)19(25(16)20(18)29)22(30)33-8-12-2-4-13(5-3-12)26(31)32/h2-5,7,9-11,16,18,28H,6,8H2,1H3/t11-,16-,18-/m1/s1. The van der Waals surface area contributed by atoms with Crippen LogP contribution in [0.4, 0.5) is 5.69 Å². The van der Waals surface area contributed by atoms with E-state index < -0.39 is 22.9 Å². The summed E-state index contributed by atoms with van der Waals surface area (Å²) in [4.78, 5) is 53.6. The molecular weight excluding hydrogens is 464 g/mol. The Kier molecular flexibility index (Phi) is 5.25. The Morgan fingerprint density at radius 1 is 1.41 bits per heavy atom. The molecule has 1 amide bonds. The molecule has 2 aliphatic rings. The number of rotatable bonds is 7. The molecule has 3 atom stereocenters. The number of amides is 1. The van der Waals surface area contributed by atoms with Crippen LogP contribution in [0.2, 0.25) is 0 Å². The summed E-state index contributed by atoms with van der Waals surface area (Å²) >= 11 is 1.29. The first kappa shape index (κ1) is 21.9. The molecule has 0 saturated carbocycles. The highest BCUT2D eigenvalue weighted by atomic mass is 32.1. The number of non-ortho nitro benzene ring substituents is 1. The van der Waals surface area contributed by atoms with Crippen LogP contribution in [0.1, 0.15) is 35.1 Å². The van der Waals surface area contributed by atoms with Gasteiger partial charge in [-0.2, -0.15) is 0 Å². The maximum Gasteiger partial charge on any atom is 0.355 e. The van der Waals surface area contributed by atoms with Crippen molar-refractivity contribution in [1.82, 2.24) is 14.3 Å². The normalized spacial score (nSPS) is 20.3. The van der Waals surface area contributed by atoms with Gasteiger partial charge in [0.25, 0.3) is 5.69 Å². The van der Waals surface area contributed by atoms with E-state index in [-0.39, 0.29) is 35.6 Å². The fourth-order valence-corrected chi connectivity index (χ4v) is 5.48. The lowest BCUT2D eigenvalue weighted by Crippen LogP contribution is -2.61. The van der Waals surface area contributed by atoms with Gasteiger partial charge in [0.1, 0.15) is 29.2 Å². The number of aliphatic hydroxyl groups is 1. The minimum atomic E-state index is -0.872. The van der Waals surface area contributed by atoms with Gasteiger partial charge in [0, 0.05) is 23.1 Å². The Balaban J connectivity index is 1.48. The fraction of sp³-hybridized carbons (Fsp3) is 0.273. The van der Waals surface area contributed by atoms with Crippen molar-refractivity contribution in [3.8, 4) is 0 Å². The molecular formula is C22H18N4O7S. The first-order valence-electron chi connectivity index (χ1n) is 10.4. The summed E-state index contributed by atoms with van der Waals surface area (Å²) in [5, 5.41) is 22.7. The van der Waals surface area contributed by atoms with Gasteiger partial charge in [0.2, 0.25) is 5.91 Å². The highest BCUT2D eigenvalue weighted by molar-refractivity contribution is 7.16. The third-order valence-electron chi connectivity index (χ3n) is 6.15. The molecule has 1 saturated heterocycles. The summed E-state index contributed by atoms with van der Waals surface area (Å²) in [7, 11) is 0. The molecule has 0 unspecified atom stereocenters. The van der Waals surface area contributed by atoms with Crippen molar-refractivity contribution in [3.05, 3.63) is 68.7 Å². The molecule has 0 bridgehead atoms. The van der Waals surface area contributed by atoms with Crippen LogP contribution in [-0.2, 0) is 20.9 Å². The number of esters is 1. The number of carbonyl (C=O) groups excluding carboxylic acids is 3. The van der Waals surface area contributed by atoms with Crippen LogP contribution in [0, 0.1) is 16.0 Å². The van der Waals surface area contributed by atoms with Crippen molar-refractivity contribution in [1.29, 1.82) is 0 Å². The van der Waals surface area contributed by atoms with Gasteiger partial charge in [-0.1, -0.05) is 0 Å². The minimum absolute atomic E-state index is 0.0782. The zero-order valence-electron chi connectivity index (χ0n) is 17.8. The lowest BCUT2D eigenvalue weighted by Gasteiger charge is -2.44. The summed E-state index contributed by atoms with van der Waals surface area (Å²) in [5.74, 6) is -1.70. The molecule has 11 nitrogen and oxygen atoms in total. The molecule has 2 aromatic heterocycles. The molecule has 5 rings (SSSR count). The lowest BCUT2D eigenvalue weighted by atomic mass is 9.83. The summed E-state index contributed by atoms with van der Waals surface area (Å²) in [5.41, 5.74) is 2.03. The smallest absolute Gasteiger partial charge is 0.355 e. The predicted molar refractivity (Wildman–Crippen MR) is 119 cm³/mol. The third kappa shape index (κ3) is 3.30. The zero-order valence-corrected chi connectivity index (χ0v) is 18.6. The van der Waals surface area contributed by atoms with Gasteiger partial charge >= 0.3 is 5.97 Å². The first-order chi connectivity index (χ1) is 16.3. The van der Waals surface area contributed by atoms with Crippen molar-refractivity contribution in [2.45, 2.75) is 32.1 Å². The number of fused-ring (bicyclic) bond motifs is 2. The van der Waals surface area contributed by atoms with Crippen molar-refractivity contribution in [3.63, 3.8) is 0 Å². The fourth-order valence-electron chi connectivity index (χ4n) is 4.52. The highest BCUT2D eigenvalue weighted by Gasteiger charge is 2.57. The molecule has 174 valence electrons. The Hall–Kier alpha value is -3.90. The van der Waals surface area contributed by atoms with Crippen LogP contribution in [0.15, 0.2) is 41.7 Å². The molecule has 0 spiro atoms. The monoisotopic (exact) mass is 482 g/mol. The van der Waals surface area contributed by atoms with Crippen LogP contribution in [0.3, 0.4) is 0 Å². The van der Waals surface area contributed by atoms with E-state index in [1.54, 1.807) is 16.7 Å². The summed E-state index contributed by atoms with van der Waals surface area (Å²) < 4.78 is 7.17. The molecule has 34 heavy (non-hydrogen) atoms. The Bertz CT molecular complexity index is 1370. The third-order valence-corrected chi connectivity index (χ3v) is 7.12. The molecule has 1 fully saturated rings. The quantitative estimate of drug-likeness (QED) is 0.177. The number of imidazole rings is 1. The number of benzene rings is 1. The van der Waals surface area contributed by atoms with E-state index in [0.717, 1.165) is 0 Å². The van der Waals surface area contributed by atoms with E-state index >= 15 is 0 Å². The van der Waals surface area contributed by atoms with Crippen LogP contribution >= 0.6 is 11.3 Å². The predicted octanol–water partition coefficient (Wildman–Crippen LogP) is 2.18. The average Bonchev–Trinajstić information content (AvgIpc) is 3.49. The number of carbonyl (C=O) groups is 3. The van der Waals surface area contributed by atoms with Crippen molar-refractivity contribution >= 4 is 45.6 Å². The Labute approximate surface area is 196 Å². The van der Waals surface area contributed by atoms with Crippen molar-refractivity contribution in [2.75, 3.05) is 0 Å². The highest BCUT2D eigenvalue weighted by Crippen LogP contribution is 2.47. The molecule has 3 aromatic rings. The number of nitro groups is 1. The number of hydrogen-bond donors (Lipinski definition) is 1. The molecule has 1 N–H and O–H groups in total. The maximum absolute atomic E-state index is 13.2. The summed E-state index contributed by atoms with van der Waals surface area (Å²) in [6.45, 7) is 1.40. The van der Waals surface area contributed by atoms with E-state index in [2.05, 4.69) is 4.98 Å². The van der Waals surface area contributed by atoms with Gasteiger partial charge in [-0.05, 0) is 31.0 Å². The minimum Gasteiger partial charge on any atom is -0.456 e. The summed E-state index contributed by atoms with van der Waals surface area (Å²) in [6.07, 6.45) is 1.60. The lowest BCUT2D eigenvalue weighted by molar-refractivity contribution is -0.384. The van der Waals surface area contributed by atoms with Gasteiger partial charge in [-0.3, -0.25) is 24.1 Å². The van der Waals surface area contributed by atoms with Gasteiger partial charge < -0.3 is 14.7 Å². The average molecular weight is 482 g/mol. The van der Waals surface area contributed by atoms with E-state index in [1.165, 1.54) is 46.8 Å². The topological polar surface area (TPSA) is 144 Å². The van der Waals surface area contributed by atoms with E-state index in [9.17, 15) is 29.6 Å².